The van der Waals surface area contributed by atoms with Crippen LogP contribution in [0.2, 0.25) is 0 Å². The molecule has 4 N–H and O–H groups in total. The summed E-state index contributed by atoms with van der Waals surface area (Å²) in [5, 5.41) is 8.15. The summed E-state index contributed by atoms with van der Waals surface area (Å²) in [4.78, 5) is 16.0. The smallest absolute Gasteiger partial charge is 0.237 e. The number of hydrogen-bond donors (Lipinski definition) is 3. The molecule has 1 fully saturated rings. The van der Waals surface area contributed by atoms with Crippen LogP contribution < -0.4 is 16.4 Å². The van der Waals surface area contributed by atoms with Crippen molar-refractivity contribution in [3.05, 3.63) is 36.0 Å². The van der Waals surface area contributed by atoms with E-state index in [1.165, 1.54) is 0 Å². The Morgan fingerprint density at radius 3 is 3.15 bits per heavy atom. The molecule has 5 heteroatoms. The number of aromatic nitrogens is 1. The van der Waals surface area contributed by atoms with Crippen LogP contribution in [-0.2, 0) is 11.3 Å². The lowest BCUT2D eigenvalue weighted by Gasteiger charge is -2.11. The van der Waals surface area contributed by atoms with Gasteiger partial charge in [0.2, 0.25) is 5.91 Å². The third kappa shape index (κ3) is 2.58. The van der Waals surface area contributed by atoms with Gasteiger partial charge in [-0.15, -0.1) is 0 Å². The molecular weight excluding hydrogens is 252 g/mol. The second kappa shape index (κ2) is 5.46. The van der Waals surface area contributed by atoms with Crippen molar-refractivity contribution in [1.29, 1.82) is 0 Å². The first-order chi connectivity index (χ1) is 9.74. The van der Waals surface area contributed by atoms with Gasteiger partial charge in [0.15, 0.2) is 0 Å². The Kier molecular flexibility index (Phi) is 3.52. The highest BCUT2D eigenvalue weighted by Gasteiger charge is 2.21. The molecule has 1 aromatic heterocycles. The Bertz CT molecular complexity index is 635. The maximum absolute atomic E-state index is 11.9. The highest BCUT2D eigenvalue weighted by Crippen LogP contribution is 2.19. The number of nitrogen functional groups attached to an aromatic ring is 1. The number of carbonyl (C=O) groups is 1. The van der Waals surface area contributed by atoms with Crippen molar-refractivity contribution in [3.8, 4) is 0 Å². The summed E-state index contributed by atoms with van der Waals surface area (Å²) in [5.74, 6) is 0.616. The monoisotopic (exact) mass is 270 g/mol. The van der Waals surface area contributed by atoms with Crippen LogP contribution in [0.25, 0.3) is 10.8 Å². The van der Waals surface area contributed by atoms with E-state index in [9.17, 15) is 4.79 Å². The van der Waals surface area contributed by atoms with Crippen molar-refractivity contribution in [1.82, 2.24) is 15.6 Å². The Balaban J connectivity index is 1.70. The molecule has 0 aliphatic carbocycles. The lowest BCUT2D eigenvalue weighted by molar-refractivity contribution is -0.122. The molecule has 0 unspecified atom stereocenters. The summed E-state index contributed by atoms with van der Waals surface area (Å²) < 4.78 is 0. The molecule has 1 amide bonds. The SMILES string of the molecule is Nc1nccc2cc(CNC(=O)[C@@H]3CCCN3)ccc12. The molecule has 1 atom stereocenters. The first-order valence-corrected chi connectivity index (χ1v) is 6.88. The Labute approximate surface area is 117 Å². The van der Waals surface area contributed by atoms with Crippen molar-refractivity contribution in [2.75, 3.05) is 12.3 Å². The van der Waals surface area contributed by atoms with Crippen LogP contribution in [0.1, 0.15) is 18.4 Å². The molecule has 0 saturated carbocycles. The van der Waals surface area contributed by atoms with E-state index in [1.807, 2.05) is 24.3 Å². The molecule has 1 aliphatic heterocycles. The molecular formula is C15H18N4O. The minimum absolute atomic E-state index is 0.0321. The number of nitrogens with two attached hydrogens (primary N) is 1. The van der Waals surface area contributed by atoms with Crippen molar-refractivity contribution >= 4 is 22.5 Å². The maximum atomic E-state index is 11.9. The van der Waals surface area contributed by atoms with Crippen LogP contribution in [-0.4, -0.2) is 23.5 Å². The summed E-state index contributed by atoms with van der Waals surface area (Å²) in [6, 6.07) is 7.86. The van der Waals surface area contributed by atoms with Crippen LogP contribution in [0.4, 0.5) is 5.82 Å². The molecule has 0 spiro atoms. The van der Waals surface area contributed by atoms with E-state index in [0.717, 1.165) is 35.7 Å². The van der Waals surface area contributed by atoms with Gasteiger partial charge in [-0.25, -0.2) is 4.98 Å². The number of rotatable bonds is 3. The van der Waals surface area contributed by atoms with Gasteiger partial charge in [-0.3, -0.25) is 4.79 Å². The van der Waals surface area contributed by atoms with Gasteiger partial charge >= 0.3 is 0 Å². The maximum Gasteiger partial charge on any atom is 0.237 e. The molecule has 2 heterocycles. The first-order valence-electron chi connectivity index (χ1n) is 6.88. The highest BCUT2D eigenvalue weighted by molar-refractivity contribution is 5.91. The van der Waals surface area contributed by atoms with E-state index in [0.29, 0.717) is 12.4 Å². The van der Waals surface area contributed by atoms with Crippen molar-refractivity contribution in [2.24, 2.45) is 0 Å². The number of carbonyl (C=O) groups excluding carboxylic acids is 1. The summed E-state index contributed by atoms with van der Waals surface area (Å²) in [6.45, 7) is 1.47. The van der Waals surface area contributed by atoms with Crippen LogP contribution in [0.3, 0.4) is 0 Å². The van der Waals surface area contributed by atoms with Crippen LogP contribution in [0, 0.1) is 0 Å². The van der Waals surface area contributed by atoms with Gasteiger partial charge in [0.05, 0.1) is 6.04 Å². The predicted molar refractivity (Wildman–Crippen MR) is 79.0 cm³/mol. The van der Waals surface area contributed by atoms with Gasteiger partial charge in [-0.05, 0) is 42.5 Å². The zero-order valence-electron chi connectivity index (χ0n) is 11.2. The number of fused-ring (bicyclic) bond motifs is 1. The third-order valence-electron chi connectivity index (χ3n) is 3.70. The number of amides is 1. The van der Waals surface area contributed by atoms with E-state index in [1.54, 1.807) is 6.20 Å². The van der Waals surface area contributed by atoms with Gasteiger partial charge in [0.1, 0.15) is 5.82 Å². The topological polar surface area (TPSA) is 80.0 Å². The minimum Gasteiger partial charge on any atom is -0.383 e. The number of hydrogen-bond acceptors (Lipinski definition) is 4. The van der Waals surface area contributed by atoms with Gasteiger partial charge in [-0.1, -0.05) is 12.1 Å². The molecule has 0 radical (unpaired) electrons. The molecule has 0 bridgehead atoms. The minimum atomic E-state index is -0.0321. The normalized spacial score (nSPS) is 18.3. The first kappa shape index (κ1) is 12.9. The molecule has 2 aromatic rings. The quantitative estimate of drug-likeness (QED) is 0.782. The third-order valence-corrected chi connectivity index (χ3v) is 3.70. The molecule has 1 saturated heterocycles. The summed E-state index contributed by atoms with van der Waals surface area (Å²) >= 11 is 0. The summed E-state index contributed by atoms with van der Waals surface area (Å²) in [5.41, 5.74) is 6.89. The average Bonchev–Trinajstić information content (AvgIpc) is 2.99. The van der Waals surface area contributed by atoms with Crippen molar-refractivity contribution in [2.45, 2.75) is 25.4 Å². The standard InChI is InChI=1S/C15H18N4O/c16-14-12-4-3-10(8-11(12)5-7-18-14)9-19-15(20)13-2-1-6-17-13/h3-5,7-8,13,17H,1-2,6,9H2,(H2,16,18)(H,19,20)/t13-/m0/s1. The highest BCUT2D eigenvalue weighted by atomic mass is 16.2. The molecule has 3 rings (SSSR count). The Morgan fingerprint density at radius 2 is 2.35 bits per heavy atom. The second-order valence-electron chi connectivity index (χ2n) is 5.12. The Hall–Kier alpha value is -2.14. The summed E-state index contributed by atoms with van der Waals surface area (Å²) in [6.07, 6.45) is 3.69. The van der Waals surface area contributed by atoms with E-state index in [4.69, 9.17) is 5.73 Å². The molecule has 1 aliphatic rings. The van der Waals surface area contributed by atoms with Crippen LogP contribution in [0.15, 0.2) is 30.5 Å². The Morgan fingerprint density at radius 1 is 1.45 bits per heavy atom. The van der Waals surface area contributed by atoms with E-state index < -0.39 is 0 Å². The van der Waals surface area contributed by atoms with E-state index in [-0.39, 0.29) is 11.9 Å². The summed E-state index contributed by atoms with van der Waals surface area (Å²) in [7, 11) is 0. The van der Waals surface area contributed by atoms with Crippen LogP contribution in [0.5, 0.6) is 0 Å². The average molecular weight is 270 g/mol. The number of nitrogens with zero attached hydrogens (tertiary/aromatic N) is 1. The fraction of sp³-hybridized carbons (Fsp3) is 0.333. The molecule has 1 aromatic carbocycles. The number of nitrogens with one attached hydrogen (secondary N) is 2. The fourth-order valence-electron chi connectivity index (χ4n) is 2.58. The largest absolute Gasteiger partial charge is 0.383 e. The fourth-order valence-corrected chi connectivity index (χ4v) is 2.58. The zero-order valence-corrected chi connectivity index (χ0v) is 11.2. The lowest BCUT2D eigenvalue weighted by Crippen LogP contribution is -2.39. The van der Waals surface area contributed by atoms with E-state index >= 15 is 0 Å². The van der Waals surface area contributed by atoms with Crippen LogP contribution >= 0.6 is 0 Å². The number of benzene rings is 1. The molecule has 104 valence electrons. The molecule has 5 nitrogen and oxygen atoms in total. The van der Waals surface area contributed by atoms with Crippen molar-refractivity contribution in [3.63, 3.8) is 0 Å². The van der Waals surface area contributed by atoms with Gasteiger partial charge < -0.3 is 16.4 Å². The lowest BCUT2D eigenvalue weighted by atomic mass is 10.1. The van der Waals surface area contributed by atoms with E-state index in [2.05, 4.69) is 15.6 Å². The number of anilines is 1. The van der Waals surface area contributed by atoms with Crippen molar-refractivity contribution < 1.29 is 4.79 Å². The van der Waals surface area contributed by atoms with Gasteiger partial charge in [0, 0.05) is 18.1 Å². The zero-order chi connectivity index (χ0) is 13.9. The molecule has 20 heavy (non-hydrogen) atoms. The second-order valence-corrected chi connectivity index (χ2v) is 5.12. The van der Waals surface area contributed by atoms with Gasteiger partial charge in [-0.2, -0.15) is 0 Å². The predicted octanol–water partition coefficient (Wildman–Crippen LogP) is 1.19. The number of pyridine rings is 1. The van der Waals surface area contributed by atoms with Gasteiger partial charge in [0.25, 0.3) is 0 Å².